The van der Waals surface area contributed by atoms with Gasteiger partial charge < -0.3 is 4.74 Å². The molecular formula is C17H40O. The van der Waals surface area contributed by atoms with Gasteiger partial charge in [0.15, 0.2) is 0 Å². The van der Waals surface area contributed by atoms with Gasteiger partial charge in [0.25, 0.3) is 0 Å². The normalized spacial score (nSPS) is 12.8. The zero-order valence-electron chi connectivity index (χ0n) is 13.9. The Morgan fingerprint density at radius 2 is 0.889 bits per heavy atom. The monoisotopic (exact) mass is 260 g/mol. The summed E-state index contributed by atoms with van der Waals surface area (Å²) in [6, 6.07) is 0. The smallest absolute Gasteiger partial charge is 0.0573 e. The van der Waals surface area contributed by atoms with Crippen molar-refractivity contribution in [2.24, 2.45) is 23.7 Å². The first-order chi connectivity index (χ1) is 7.59. The van der Waals surface area contributed by atoms with Crippen LogP contribution in [0.25, 0.3) is 0 Å². The summed E-state index contributed by atoms with van der Waals surface area (Å²) >= 11 is 0. The first-order valence-corrected chi connectivity index (χ1v) is 7.24. The third kappa shape index (κ3) is 14.0. The summed E-state index contributed by atoms with van der Waals surface area (Å²) in [6.07, 6.45) is 0.757. The maximum atomic E-state index is 5.51. The molecule has 0 saturated heterocycles. The molecule has 0 heterocycles. The van der Waals surface area contributed by atoms with Gasteiger partial charge in [-0.1, -0.05) is 55.9 Å². The SMILES string of the molecule is C.CC(C)C(C)C(C)C.CC(C)OC(C)C(C)C. The van der Waals surface area contributed by atoms with E-state index in [9.17, 15) is 0 Å². The van der Waals surface area contributed by atoms with Crippen LogP contribution in [-0.2, 0) is 4.74 Å². The fourth-order valence-corrected chi connectivity index (χ4v) is 1.36. The highest BCUT2D eigenvalue weighted by Crippen LogP contribution is 2.18. The first-order valence-electron chi connectivity index (χ1n) is 7.24. The zero-order valence-corrected chi connectivity index (χ0v) is 13.9. The highest BCUT2D eigenvalue weighted by atomic mass is 16.5. The third-order valence-corrected chi connectivity index (χ3v) is 3.53. The average molecular weight is 261 g/mol. The molecule has 0 rings (SSSR count). The third-order valence-electron chi connectivity index (χ3n) is 3.53. The van der Waals surface area contributed by atoms with Crippen LogP contribution in [0.5, 0.6) is 0 Å². The molecule has 0 saturated carbocycles. The Morgan fingerprint density at radius 1 is 0.556 bits per heavy atom. The Hall–Kier alpha value is -0.0400. The lowest BCUT2D eigenvalue weighted by molar-refractivity contribution is -0.00641. The number of ether oxygens (including phenoxy) is 1. The maximum Gasteiger partial charge on any atom is 0.0573 e. The van der Waals surface area contributed by atoms with Crippen molar-refractivity contribution in [3.8, 4) is 0 Å². The molecule has 0 aromatic rings. The largest absolute Gasteiger partial charge is 0.376 e. The Balaban J connectivity index is -0.000000238. The van der Waals surface area contributed by atoms with Gasteiger partial charge in [-0.2, -0.15) is 0 Å². The van der Waals surface area contributed by atoms with E-state index < -0.39 is 0 Å². The highest BCUT2D eigenvalue weighted by Gasteiger charge is 2.09. The van der Waals surface area contributed by atoms with E-state index in [1.165, 1.54) is 0 Å². The summed E-state index contributed by atoms with van der Waals surface area (Å²) in [5.41, 5.74) is 0. The molecular weight excluding hydrogens is 220 g/mol. The van der Waals surface area contributed by atoms with Crippen molar-refractivity contribution in [1.29, 1.82) is 0 Å². The minimum Gasteiger partial charge on any atom is -0.376 e. The Kier molecular flexibility index (Phi) is 15.4. The van der Waals surface area contributed by atoms with Crippen molar-refractivity contribution >= 4 is 0 Å². The molecule has 0 aliphatic heterocycles. The number of hydrogen-bond donors (Lipinski definition) is 0. The molecule has 0 aliphatic rings. The van der Waals surface area contributed by atoms with E-state index in [0.29, 0.717) is 18.1 Å². The van der Waals surface area contributed by atoms with Gasteiger partial charge in [0.05, 0.1) is 12.2 Å². The van der Waals surface area contributed by atoms with E-state index in [2.05, 4.69) is 69.2 Å². The highest BCUT2D eigenvalue weighted by molar-refractivity contribution is 4.59. The molecule has 0 aromatic heterocycles. The van der Waals surface area contributed by atoms with E-state index in [-0.39, 0.29) is 7.43 Å². The van der Waals surface area contributed by atoms with E-state index in [0.717, 1.165) is 17.8 Å². The van der Waals surface area contributed by atoms with Gasteiger partial charge in [-0.15, -0.1) is 0 Å². The van der Waals surface area contributed by atoms with E-state index in [4.69, 9.17) is 4.74 Å². The van der Waals surface area contributed by atoms with Crippen LogP contribution in [0, 0.1) is 23.7 Å². The van der Waals surface area contributed by atoms with E-state index in [1.807, 2.05) is 0 Å². The van der Waals surface area contributed by atoms with Gasteiger partial charge in [-0.3, -0.25) is 0 Å². The second-order valence-corrected chi connectivity index (χ2v) is 6.48. The fraction of sp³-hybridized carbons (Fsp3) is 1.00. The molecule has 1 atom stereocenters. The summed E-state index contributed by atoms with van der Waals surface area (Å²) in [6.45, 7) is 22.0. The van der Waals surface area contributed by atoms with Crippen LogP contribution in [0.3, 0.4) is 0 Å². The van der Waals surface area contributed by atoms with Crippen LogP contribution in [0.4, 0.5) is 0 Å². The predicted molar refractivity (Wildman–Crippen MR) is 86.1 cm³/mol. The molecule has 0 spiro atoms. The van der Waals surface area contributed by atoms with Crippen molar-refractivity contribution in [3.63, 3.8) is 0 Å². The van der Waals surface area contributed by atoms with Gasteiger partial charge in [0, 0.05) is 0 Å². The summed E-state index contributed by atoms with van der Waals surface area (Å²) in [5.74, 6) is 3.19. The second kappa shape index (κ2) is 12.0. The fourth-order valence-electron chi connectivity index (χ4n) is 1.36. The lowest BCUT2D eigenvalue weighted by Crippen LogP contribution is -2.19. The summed E-state index contributed by atoms with van der Waals surface area (Å²) in [4.78, 5) is 0. The van der Waals surface area contributed by atoms with E-state index >= 15 is 0 Å². The van der Waals surface area contributed by atoms with Crippen molar-refractivity contribution in [3.05, 3.63) is 0 Å². The molecule has 18 heavy (non-hydrogen) atoms. The standard InChI is InChI=1S/C8H18O.C8H18.CH4/c1-6(2)8(5)9-7(3)4;1-6(2)8(5)7(3)4;/h6-8H,1-5H3;6-8H,1-5H3;1H4. The predicted octanol–water partition coefficient (Wildman–Crippen LogP) is 6.03. The van der Waals surface area contributed by atoms with Crippen molar-refractivity contribution < 1.29 is 4.74 Å². The molecule has 1 heteroatoms. The second-order valence-electron chi connectivity index (χ2n) is 6.48. The maximum absolute atomic E-state index is 5.51. The van der Waals surface area contributed by atoms with E-state index in [1.54, 1.807) is 0 Å². The molecule has 0 amide bonds. The van der Waals surface area contributed by atoms with Gasteiger partial charge >= 0.3 is 0 Å². The first kappa shape index (κ1) is 23.1. The molecule has 1 nitrogen and oxygen atoms in total. The van der Waals surface area contributed by atoms with Gasteiger partial charge in [-0.25, -0.2) is 0 Å². The lowest BCUT2D eigenvalue weighted by atomic mass is 9.88. The molecule has 0 aromatic carbocycles. The molecule has 1 unspecified atom stereocenters. The number of rotatable bonds is 5. The summed E-state index contributed by atoms with van der Waals surface area (Å²) < 4.78 is 5.51. The van der Waals surface area contributed by atoms with Crippen molar-refractivity contribution in [1.82, 2.24) is 0 Å². The van der Waals surface area contributed by atoms with Crippen molar-refractivity contribution in [2.75, 3.05) is 0 Å². The Labute approximate surface area is 118 Å². The lowest BCUT2D eigenvalue weighted by Gasteiger charge is -2.18. The molecule has 0 aliphatic carbocycles. The quantitative estimate of drug-likeness (QED) is 0.586. The molecule has 0 fully saturated rings. The van der Waals surface area contributed by atoms with Gasteiger partial charge in [0.1, 0.15) is 0 Å². The Bertz CT molecular complexity index is 151. The van der Waals surface area contributed by atoms with Crippen molar-refractivity contribution in [2.45, 2.75) is 88.9 Å². The van der Waals surface area contributed by atoms with Crippen LogP contribution >= 0.6 is 0 Å². The Morgan fingerprint density at radius 3 is 0.944 bits per heavy atom. The summed E-state index contributed by atoms with van der Waals surface area (Å²) in [5, 5.41) is 0. The van der Waals surface area contributed by atoms with Crippen LogP contribution < -0.4 is 0 Å². The molecule has 0 bridgehead atoms. The topological polar surface area (TPSA) is 9.23 Å². The van der Waals surface area contributed by atoms with Crippen LogP contribution in [0.2, 0.25) is 0 Å². The number of hydrogen-bond acceptors (Lipinski definition) is 1. The van der Waals surface area contributed by atoms with Gasteiger partial charge in [-0.05, 0) is 44.4 Å². The summed E-state index contributed by atoms with van der Waals surface area (Å²) in [7, 11) is 0. The molecule has 0 N–H and O–H groups in total. The van der Waals surface area contributed by atoms with Crippen LogP contribution in [-0.4, -0.2) is 12.2 Å². The van der Waals surface area contributed by atoms with Crippen LogP contribution in [0.1, 0.15) is 76.7 Å². The molecule has 0 radical (unpaired) electrons. The molecule has 114 valence electrons. The minimum atomic E-state index is 0. The van der Waals surface area contributed by atoms with Gasteiger partial charge in [0.2, 0.25) is 0 Å². The average Bonchev–Trinajstić information content (AvgIpc) is 2.15. The zero-order chi connectivity index (χ0) is 14.2. The van der Waals surface area contributed by atoms with Crippen LogP contribution in [0.15, 0.2) is 0 Å². The minimum absolute atomic E-state index is 0.